The molecule has 0 fully saturated rings. The summed E-state index contributed by atoms with van der Waals surface area (Å²) in [6, 6.07) is 6.61. The quantitative estimate of drug-likeness (QED) is 0.803. The van der Waals surface area contributed by atoms with Gasteiger partial charge in [-0.1, -0.05) is 12.1 Å². The Hall–Kier alpha value is -1.02. The van der Waals surface area contributed by atoms with Crippen LogP contribution in [0.4, 0.5) is 0 Å². The van der Waals surface area contributed by atoms with Gasteiger partial charge in [-0.2, -0.15) is 0 Å². The first-order valence-corrected chi connectivity index (χ1v) is 5.62. The van der Waals surface area contributed by atoms with Crippen molar-refractivity contribution in [2.45, 2.75) is 32.2 Å². The van der Waals surface area contributed by atoms with E-state index < -0.39 is 0 Å². The molecule has 0 radical (unpaired) electrons. The van der Waals surface area contributed by atoms with Gasteiger partial charge in [-0.25, -0.2) is 0 Å². The van der Waals surface area contributed by atoms with Crippen LogP contribution in [-0.2, 0) is 12.8 Å². The van der Waals surface area contributed by atoms with Crippen molar-refractivity contribution >= 4 is 0 Å². The van der Waals surface area contributed by atoms with Gasteiger partial charge in [0.05, 0.1) is 7.11 Å². The van der Waals surface area contributed by atoms with Crippen molar-refractivity contribution < 1.29 is 4.74 Å². The lowest BCUT2D eigenvalue weighted by molar-refractivity contribution is 0.372. The third-order valence-electron chi connectivity index (χ3n) is 3.44. The Morgan fingerprint density at radius 2 is 2.27 bits per heavy atom. The number of hydrogen-bond donors (Lipinski definition) is 1. The molecule has 2 rings (SSSR count). The van der Waals surface area contributed by atoms with Gasteiger partial charge in [-0.3, -0.25) is 0 Å². The molecular formula is C13H19NO. The first-order chi connectivity index (χ1) is 7.22. The molecule has 1 aromatic rings. The molecule has 1 aliphatic carbocycles. The molecular weight excluding hydrogens is 186 g/mol. The Morgan fingerprint density at radius 1 is 1.47 bits per heavy atom. The van der Waals surface area contributed by atoms with Crippen molar-refractivity contribution in [3.8, 4) is 5.75 Å². The van der Waals surface area contributed by atoms with Crippen molar-refractivity contribution in [1.29, 1.82) is 0 Å². The molecule has 0 saturated carbocycles. The lowest BCUT2D eigenvalue weighted by atomic mass is 9.80. The van der Waals surface area contributed by atoms with Gasteiger partial charge in [0, 0.05) is 6.04 Å². The molecule has 0 spiro atoms. The van der Waals surface area contributed by atoms with Crippen LogP contribution in [0.5, 0.6) is 5.75 Å². The number of methoxy groups -OCH3 is 1. The molecule has 2 unspecified atom stereocenters. The summed E-state index contributed by atoms with van der Waals surface area (Å²) in [6.07, 6.45) is 3.39. The summed E-state index contributed by atoms with van der Waals surface area (Å²) in [4.78, 5) is 0. The van der Waals surface area contributed by atoms with E-state index in [-0.39, 0.29) is 0 Å². The second-order valence-electron chi connectivity index (χ2n) is 4.46. The van der Waals surface area contributed by atoms with Crippen LogP contribution in [0.1, 0.15) is 24.5 Å². The predicted octanol–water partition coefficient (Wildman–Crippen LogP) is 2.15. The van der Waals surface area contributed by atoms with Crippen LogP contribution in [0.15, 0.2) is 18.2 Å². The maximum absolute atomic E-state index is 5.96. The highest BCUT2D eigenvalue weighted by molar-refractivity contribution is 5.42. The van der Waals surface area contributed by atoms with Gasteiger partial charge in [-0.05, 0) is 49.3 Å². The summed E-state index contributed by atoms with van der Waals surface area (Å²) in [6.45, 7) is 2.11. The molecule has 1 aromatic carbocycles. The van der Waals surface area contributed by atoms with Crippen LogP contribution in [0.25, 0.3) is 0 Å². The zero-order valence-electron chi connectivity index (χ0n) is 9.49. The Morgan fingerprint density at radius 3 is 2.93 bits per heavy atom. The minimum Gasteiger partial charge on any atom is -0.496 e. The van der Waals surface area contributed by atoms with E-state index in [2.05, 4.69) is 19.1 Å². The average Bonchev–Trinajstić information content (AvgIpc) is 2.27. The molecule has 82 valence electrons. The van der Waals surface area contributed by atoms with Crippen LogP contribution in [0, 0.1) is 5.92 Å². The number of ether oxygens (including phenoxy) is 1. The SMILES string of the molecule is COc1cccc2c1CCC(C(C)N)C2. The molecule has 15 heavy (non-hydrogen) atoms. The van der Waals surface area contributed by atoms with Gasteiger partial charge in [0.25, 0.3) is 0 Å². The Kier molecular flexibility index (Phi) is 2.96. The Balaban J connectivity index is 2.27. The zero-order valence-corrected chi connectivity index (χ0v) is 9.49. The van der Waals surface area contributed by atoms with Crippen molar-refractivity contribution in [3.63, 3.8) is 0 Å². The third kappa shape index (κ3) is 2.00. The average molecular weight is 205 g/mol. The van der Waals surface area contributed by atoms with Crippen LogP contribution in [-0.4, -0.2) is 13.2 Å². The van der Waals surface area contributed by atoms with E-state index in [1.54, 1.807) is 7.11 Å². The fourth-order valence-corrected chi connectivity index (χ4v) is 2.44. The monoisotopic (exact) mass is 205 g/mol. The van der Waals surface area contributed by atoms with E-state index in [4.69, 9.17) is 10.5 Å². The highest BCUT2D eigenvalue weighted by Crippen LogP contribution is 2.32. The lowest BCUT2D eigenvalue weighted by Gasteiger charge is -2.28. The second kappa shape index (κ2) is 4.23. The molecule has 2 heteroatoms. The number of nitrogens with two attached hydrogens (primary N) is 1. The maximum atomic E-state index is 5.96. The van der Waals surface area contributed by atoms with Crippen molar-refractivity contribution in [3.05, 3.63) is 29.3 Å². The second-order valence-corrected chi connectivity index (χ2v) is 4.46. The van der Waals surface area contributed by atoms with Gasteiger partial charge in [0.2, 0.25) is 0 Å². The van der Waals surface area contributed by atoms with Crippen molar-refractivity contribution in [2.75, 3.05) is 7.11 Å². The summed E-state index contributed by atoms with van der Waals surface area (Å²) < 4.78 is 5.38. The fraction of sp³-hybridized carbons (Fsp3) is 0.538. The molecule has 2 nitrogen and oxygen atoms in total. The molecule has 2 N–H and O–H groups in total. The fourth-order valence-electron chi connectivity index (χ4n) is 2.44. The van der Waals surface area contributed by atoms with Crippen molar-refractivity contribution in [2.24, 2.45) is 11.7 Å². The molecule has 0 heterocycles. The first kappa shape index (κ1) is 10.5. The topological polar surface area (TPSA) is 35.2 Å². The van der Waals surface area contributed by atoms with E-state index in [1.807, 2.05) is 6.07 Å². The summed E-state index contributed by atoms with van der Waals surface area (Å²) >= 11 is 0. The number of hydrogen-bond acceptors (Lipinski definition) is 2. The summed E-state index contributed by atoms with van der Waals surface area (Å²) in [5, 5.41) is 0. The van der Waals surface area contributed by atoms with Crippen LogP contribution in [0.2, 0.25) is 0 Å². The van der Waals surface area contributed by atoms with E-state index in [0.29, 0.717) is 12.0 Å². The molecule has 0 amide bonds. The minimum absolute atomic E-state index is 0.296. The van der Waals surface area contributed by atoms with E-state index in [1.165, 1.54) is 17.5 Å². The Bertz CT molecular complexity index is 346. The van der Waals surface area contributed by atoms with Gasteiger partial charge in [0.1, 0.15) is 5.75 Å². The molecule has 0 bridgehead atoms. The largest absolute Gasteiger partial charge is 0.496 e. The number of benzene rings is 1. The van der Waals surface area contributed by atoms with Crippen molar-refractivity contribution in [1.82, 2.24) is 0 Å². The lowest BCUT2D eigenvalue weighted by Crippen LogP contribution is -2.31. The summed E-state index contributed by atoms with van der Waals surface area (Å²) in [7, 11) is 1.74. The molecule has 1 aliphatic rings. The van der Waals surface area contributed by atoms with E-state index in [9.17, 15) is 0 Å². The standard InChI is InChI=1S/C13H19NO/c1-9(14)10-6-7-12-11(8-10)4-3-5-13(12)15-2/h3-5,9-10H,6-8,14H2,1-2H3. The highest BCUT2D eigenvalue weighted by Gasteiger charge is 2.23. The molecule has 2 atom stereocenters. The predicted molar refractivity (Wildman–Crippen MR) is 62.2 cm³/mol. The van der Waals surface area contributed by atoms with Gasteiger partial charge in [-0.15, -0.1) is 0 Å². The number of fused-ring (bicyclic) bond motifs is 1. The third-order valence-corrected chi connectivity index (χ3v) is 3.44. The normalized spacial score (nSPS) is 21.9. The van der Waals surface area contributed by atoms with Gasteiger partial charge >= 0.3 is 0 Å². The highest BCUT2D eigenvalue weighted by atomic mass is 16.5. The summed E-state index contributed by atoms with van der Waals surface area (Å²) in [5.74, 6) is 1.67. The van der Waals surface area contributed by atoms with Crippen LogP contribution in [0.3, 0.4) is 0 Å². The van der Waals surface area contributed by atoms with Crippen LogP contribution < -0.4 is 10.5 Å². The van der Waals surface area contributed by atoms with E-state index in [0.717, 1.165) is 18.6 Å². The van der Waals surface area contributed by atoms with Gasteiger partial charge < -0.3 is 10.5 Å². The van der Waals surface area contributed by atoms with E-state index >= 15 is 0 Å². The van der Waals surface area contributed by atoms with Gasteiger partial charge in [0.15, 0.2) is 0 Å². The molecule has 0 aliphatic heterocycles. The summed E-state index contributed by atoms with van der Waals surface area (Å²) in [5.41, 5.74) is 8.77. The molecule has 0 aromatic heterocycles. The molecule has 0 saturated heterocycles. The first-order valence-electron chi connectivity index (χ1n) is 5.62. The Labute approximate surface area is 91.4 Å². The smallest absolute Gasteiger partial charge is 0.122 e. The number of rotatable bonds is 2. The maximum Gasteiger partial charge on any atom is 0.122 e. The minimum atomic E-state index is 0.296. The van der Waals surface area contributed by atoms with Crippen LogP contribution >= 0.6 is 0 Å². The zero-order chi connectivity index (χ0) is 10.8.